The number of nitrogens with zero attached hydrogens (tertiary/aromatic N) is 1. The molecule has 0 aromatic rings. The highest BCUT2D eigenvalue weighted by Crippen LogP contribution is 2.56. The van der Waals surface area contributed by atoms with Crippen molar-refractivity contribution < 1.29 is 27.9 Å². The van der Waals surface area contributed by atoms with Crippen molar-refractivity contribution in [2.75, 3.05) is 13.1 Å². The Morgan fingerprint density at radius 2 is 1.73 bits per heavy atom. The van der Waals surface area contributed by atoms with Crippen LogP contribution in [0, 0.1) is 23.2 Å². The Morgan fingerprint density at radius 1 is 1.09 bits per heavy atom. The highest BCUT2D eigenvalue weighted by Gasteiger charge is 2.59. The molecule has 2 aliphatic carbocycles. The maximum atomic E-state index is 13.2. The average molecular weight is 319 g/mol. The number of carbonyl (C=O) groups excluding carboxylic acids is 1. The van der Waals surface area contributed by atoms with Crippen molar-refractivity contribution in [1.82, 2.24) is 4.90 Å². The van der Waals surface area contributed by atoms with E-state index in [0.29, 0.717) is 25.7 Å². The van der Waals surface area contributed by atoms with Crippen molar-refractivity contribution in [2.24, 2.45) is 23.2 Å². The molecule has 0 radical (unpaired) electrons. The van der Waals surface area contributed by atoms with Gasteiger partial charge < -0.3 is 10.0 Å². The molecule has 3 fully saturated rings. The van der Waals surface area contributed by atoms with Crippen LogP contribution < -0.4 is 0 Å². The van der Waals surface area contributed by atoms with Crippen LogP contribution >= 0.6 is 0 Å². The number of halogens is 3. The summed E-state index contributed by atoms with van der Waals surface area (Å²) in [6, 6.07) is 0. The van der Waals surface area contributed by atoms with Gasteiger partial charge in [-0.15, -0.1) is 0 Å². The fourth-order valence-corrected chi connectivity index (χ4v) is 4.32. The van der Waals surface area contributed by atoms with E-state index in [4.69, 9.17) is 5.11 Å². The molecule has 1 heterocycles. The number of carbonyl (C=O) groups is 2. The van der Waals surface area contributed by atoms with Crippen molar-refractivity contribution in [2.45, 2.75) is 44.7 Å². The molecule has 0 aromatic heterocycles. The standard InChI is InChI=1S/C15H20F3NO3/c16-15(17,18)11-4-7-19(8-14(11)5-1-6-14)12(20)9-2-3-10(9)13(21)22/h9-11H,1-8H2,(H,21,22). The number of piperidine rings is 1. The smallest absolute Gasteiger partial charge is 0.392 e. The molecule has 4 nitrogen and oxygen atoms in total. The molecule has 0 aromatic carbocycles. The lowest BCUT2D eigenvalue weighted by molar-refractivity contribution is -0.238. The van der Waals surface area contributed by atoms with Crippen molar-refractivity contribution in [3.63, 3.8) is 0 Å². The molecule has 1 N–H and O–H groups in total. The monoisotopic (exact) mass is 319 g/mol. The Morgan fingerprint density at radius 3 is 2.14 bits per heavy atom. The minimum atomic E-state index is -4.21. The largest absolute Gasteiger partial charge is 0.481 e. The van der Waals surface area contributed by atoms with E-state index < -0.39 is 35.3 Å². The Balaban J connectivity index is 1.70. The van der Waals surface area contributed by atoms with E-state index in [9.17, 15) is 22.8 Å². The first-order valence-corrected chi connectivity index (χ1v) is 7.83. The quantitative estimate of drug-likeness (QED) is 0.851. The molecule has 1 saturated heterocycles. The number of aliphatic carboxylic acids is 1. The zero-order chi connectivity index (χ0) is 16.1. The summed E-state index contributed by atoms with van der Waals surface area (Å²) in [6.07, 6.45) is -1.47. The summed E-state index contributed by atoms with van der Waals surface area (Å²) in [7, 11) is 0. The van der Waals surface area contributed by atoms with Gasteiger partial charge in [0.15, 0.2) is 0 Å². The van der Waals surface area contributed by atoms with Crippen LogP contribution in [-0.4, -0.2) is 41.1 Å². The molecule has 1 spiro atoms. The highest BCUT2D eigenvalue weighted by atomic mass is 19.4. The van der Waals surface area contributed by atoms with Gasteiger partial charge in [-0.1, -0.05) is 6.42 Å². The molecule has 3 unspecified atom stereocenters. The Bertz CT molecular complexity index is 487. The summed E-state index contributed by atoms with van der Waals surface area (Å²) < 4.78 is 39.6. The van der Waals surface area contributed by atoms with Crippen LogP contribution in [0.2, 0.25) is 0 Å². The van der Waals surface area contributed by atoms with E-state index in [2.05, 4.69) is 0 Å². The third-order valence-corrected chi connectivity index (χ3v) is 5.90. The van der Waals surface area contributed by atoms with Gasteiger partial charge in [0.1, 0.15) is 0 Å². The van der Waals surface area contributed by atoms with E-state index in [-0.39, 0.29) is 25.4 Å². The predicted molar refractivity (Wildman–Crippen MR) is 70.9 cm³/mol. The average Bonchev–Trinajstić information content (AvgIpc) is 2.32. The Hall–Kier alpha value is -1.27. The summed E-state index contributed by atoms with van der Waals surface area (Å²) in [5.74, 6) is -3.77. The van der Waals surface area contributed by atoms with Gasteiger partial charge in [-0.2, -0.15) is 13.2 Å². The van der Waals surface area contributed by atoms with Crippen LogP contribution in [0.3, 0.4) is 0 Å². The number of carboxylic acids is 1. The molecule has 7 heteroatoms. The molecule has 22 heavy (non-hydrogen) atoms. The van der Waals surface area contributed by atoms with E-state index in [1.54, 1.807) is 0 Å². The second-order valence-corrected chi connectivity index (χ2v) is 6.99. The highest BCUT2D eigenvalue weighted by molar-refractivity contribution is 5.86. The number of amides is 1. The maximum absolute atomic E-state index is 13.2. The van der Waals surface area contributed by atoms with Gasteiger partial charge in [0.2, 0.25) is 5.91 Å². The molecule has 3 atom stereocenters. The van der Waals surface area contributed by atoms with Gasteiger partial charge in [0, 0.05) is 13.1 Å². The minimum Gasteiger partial charge on any atom is -0.481 e. The van der Waals surface area contributed by atoms with Crippen molar-refractivity contribution in [3.8, 4) is 0 Å². The van der Waals surface area contributed by atoms with Crippen molar-refractivity contribution in [3.05, 3.63) is 0 Å². The number of rotatable bonds is 2. The molecule has 1 aliphatic heterocycles. The first-order chi connectivity index (χ1) is 10.2. The third-order valence-electron chi connectivity index (χ3n) is 5.90. The number of carboxylic acid groups (broad SMARTS) is 1. The maximum Gasteiger partial charge on any atom is 0.392 e. The van der Waals surface area contributed by atoms with Crippen LogP contribution in [0.5, 0.6) is 0 Å². The molecular formula is C15H20F3NO3. The van der Waals surface area contributed by atoms with Gasteiger partial charge in [0.25, 0.3) is 0 Å². The Kier molecular flexibility index (Phi) is 3.64. The lowest BCUT2D eigenvalue weighted by Crippen LogP contribution is -2.59. The fraction of sp³-hybridized carbons (Fsp3) is 0.867. The van der Waals surface area contributed by atoms with Crippen LogP contribution in [0.25, 0.3) is 0 Å². The zero-order valence-corrected chi connectivity index (χ0v) is 12.2. The van der Waals surface area contributed by atoms with Gasteiger partial charge >= 0.3 is 12.1 Å². The van der Waals surface area contributed by atoms with E-state index in [0.717, 1.165) is 6.42 Å². The summed E-state index contributed by atoms with van der Waals surface area (Å²) in [5, 5.41) is 9.04. The van der Waals surface area contributed by atoms with Crippen LogP contribution in [-0.2, 0) is 9.59 Å². The van der Waals surface area contributed by atoms with E-state index in [1.807, 2.05) is 0 Å². The molecule has 1 amide bonds. The van der Waals surface area contributed by atoms with Crippen molar-refractivity contribution in [1.29, 1.82) is 0 Å². The number of alkyl halides is 3. The molecule has 0 bridgehead atoms. The summed E-state index contributed by atoms with van der Waals surface area (Å²) in [6.45, 7) is 0.229. The number of hydrogen-bond donors (Lipinski definition) is 1. The Labute approximate surface area is 126 Å². The first kappa shape index (κ1) is 15.6. The normalized spacial score (nSPS) is 34.0. The van der Waals surface area contributed by atoms with Crippen molar-refractivity contribution >= 4 is 11.9 Å². The summed E-state index contributed by atoms with van der Waals surface area (Å²) in [4.78, 5) is 25.0. The molecule has 3 aliphatic rings. The van der Waals surface area contributed by atoms with E-state index in [1.165, 1.54) is 4.90 Å². The van der Waals surface area contributed by atoms with Crippen LogP contribution in [0.15, 0.2) is 0 Å². The number of likely N-dealkylation sites (tertiary alicyclic amines) is 1. The summed E-state index contributed by atoms with van der Waals surface area (Å²) >= 11 is 0. The molecule has 2 saturated carbocycles. The fourth-order valence-electron chi connectivity index (χ4n) is 4.32. The van der Waals surface area contributed by atoms with Gasteiger partial charge in [-0.3, -0.25) is 9.59 Å². The SMILES string of the molecule is O=C(O)C1CCC1C(=O)N1CCC(C(F)(F)F)C2(CCC2)C1. The third kappa shape index (κ3) is 2.38. The van der Waals surface area contributed by atoms with Gasteiger partial charge in [-0.05, 0) is 37.5 Å². The lowest BCUT2D eigenvalue weighted by atomic mass is 9.58. The van der Waals surface area contributed by atoms with Gasteiger partial charge in [0.05, 0.1) is 17.8 Å². The molecular weight excluding hydrogens is 299 g/mol. The second-order valence-electron chi connectivity index (χ2n) is 6.99. The van der Waals surface area contributed by atoms with E-state index >= 15 is 0 Å². The molecule has 3 rings (SSSR count). The lowest BCUT2D eigenvalue weighted by Gasteiger charge is -2.55. The minimum absolute atomic E-state index is 0.0559. The second kappa shape index (κ2) is 5.13. The summed E-state index contributed by atoms with van der Waals surface area (Å²) in [5.41, 5.74) is -0.825. The number of hydrogen-bond acceptors (Lipinski definition) is 2. The first-order valence-electron chi connectivity index (χ1n) is 7.83. The zero-order valence-electron chi connectivity index (χ0n) is 12.2. The van der Waals surface area contributed by atoms with Crippen LogP contribution in [0.1, 0.15) is 38.5 Å². The topological polar surface area (TPSA) is 57.6 Å². The van der Waals surface area contributed by atoms with Gasteiger partial charge in [-0.25, -0.2) is 0 Å². The molecule has 124 valence electrons. The van der Waals surface area contributed by atoms with Crippen LogP contribution in [0.4, 0.5) is 13.2 Å². The predicted octanol–water partition coefficient (Wildman–Crippen LogP) is 2.68.